The first-order chi connectivity index (χ1) is 16.2. The Morgan fingerprint density at radius 1 is 1.21 bits per heavy atom. The van der Waals surface area contributed by atoms with E-state index in [0.717, 1.165) is 4.68 Å². The highest BCUT2D eigenvalue weighted by Crippen LogP contribution is 2.71. The number of nitrogens with one attached hydrogen (secondary N) is 1. The molecule has 2 fully saturated rings. The molecule has 0 aliphatic heterocycles. The first-order valence-corrected chi connectivity index (χ1v) is 11.4. The third kappa shape index (κ3) is 3.44. The van der Waals surface area contributed by atoms with E-state index in [1.54, 1.807) is 42.6 Å². The number of benzene rings is 1. The largest absolute Gasteiger partial charge is 0.473 e. The van der Waals surface area contributed by atoms with Gasteiger partial charge in [0.05, 0.1) is 10.8 Å². The molecule has 12 heteroatoms. The maximum Gasteiger partial charge on any atom is 0.275 e. The monoisotopic (exact) mass is 530 g/mol. The number of ether oxygens (including phenoxy) is 1. The van der Waals surface area contributed by atoms with Gasteiger partial charge in [0.15, 0.2) is 5.65 Å². The van der Waals surface area contributed by atoms with Crippen molar-refractivity contribution in [1.29, 1.82) is 0 Å². The Balaban J connectivity index is 1.27. The van der Waals surface area contributed by atoms with E-state index in [2.05, 4.69) is 36.4 Å². The van der Waals surface area contributed by atoms with E-state index in [-0.39, 0.29) is 31.1 Å². The molecule has 9 nitrogen and oxygen atoms in total. The molecule has 1 aromatic carbocycles. The van der Waals surface area contributed by atoms with Gasteiger partial charge < -0.3 is 4.74 Å². The maximum absolute atomic E-state index is 13.6. The van der Waals surface area contributed by atoms with Crippen molar-refractivity contribution in [3.63, 3.8) is 0 Å². The predicted molar refractivity (Wildman–Crippen MR) is 121 cm³/mol. The number of aromatic nitrogens is 5. The van der Waals surface area contributed by atoms with Crippen LogP contribution in [0.15, 0.2) is 51.9 Å². The van der Waals surface area contributed by atoms with Gasteiger partial charge in [-0.15, -0.1) is 10.2 Å². The van der Waals surface area contributed by atoms with Crippen LogP contribution in [0, 0.1) is 5.41 Å². The van der Waals surface area contributed by atoms with Crippen molar-refractivity contribution in [2.45, 2.75) is 37.8 Å². The summed E-state index contributed by atoms with van der Waals surface area (Å²) >= 11 is 3.37. The van der Waals surface area contributed by atoms with Gasteiger partial charge in [-0.05, 0) is 43.2 Å². The maximum atomic E-state index is 13.6. The van der Waals surface area contributed by atoms with E-state index in [0.29, 0.717) is 20.9 Å². The fourth-order valence-corrected chi connectivity index (χ4v) is 4.84. The highest BCUT2D eigenvalue weighted by atomic mass is 79.9. The number of carbonyl (C=O) groups is 1. The molecule has 1 amide bonds. The van der Waals surface area contributed by atoms with Crippen LogP contribution in [0.1, 0.15) is 19.3 Å². The van der Waals surface area contributed by atoms with Crippen LogP contribution in [-0.4, -0.2) is 42.3 Å². The molecular weight excluding hydrogens is 514 g/mol. The number of rotatable bonds is 5. The number of pyridine rings is 1. The Labute approximate surface area is 198 Å². The molecule has 34 heavy (non-hydrogen) atoms. The quantitative estimate of drug-likeness (QED) is 0.424. The van der Waals surface area contributed by atoms with Gasteiger partial charge in [0.2, 0.25) is 17.7 Å². The van der Waals surface area contributed by atoms with Crippen LogP contribution in [0.3, 0.4) is 0 Å². The van der Waals surface area contributed by atoms with Crippen LogP contribution in [-0.2, 0) is 11.3 Å². The molecule has 0 radical (unpaired) electrons. The highest BCUT2D eigenvalue weighted by molar-refractivity contribution is 9.10. The summed E-state index contributed by atoms with van der Waals surface area (Å²) in [5.74, 6) is -2.96. The van der Waals surface area contributed by atoms with Gasteiger partial charge in [0.1, 0.15) is 12.6 Å². The van der Waals surface area contributed by atoms with E-state index in [4.69, 9.17) is 4.74 Å². The third-order valence-corrected chi connectivity index (χ3v) is 6.89. The molecule has 3 heterocycles. The third-order valence-electron chi connectivity index (χ3n) is 6.40. The summed E-state index contributed by atoms with van der Waals surface area (Å²) in [5, 5.41) is 11.7. The number of amides is 1. The van der Waals surface area contributed by atoms with Crippen molar-refractivity contribution in [1.82, 2.24) is 24.4 Å². The lowest BCUT2D eigenvalue weighted by Gasteiger charge is -2.35. The van der Waals surface area contributed by atoms with Crippen LogP contribution in [0.25, 0.3) is 16.4 Å². The van der Waals surface area contributed by atoms with Gasteiger partial charge in [-0.25, -0.2) is 18.0 Å². The van der Waals surface area contributed by atoms with Crippen molar-refractivity contribution in [3.05, 3.63) is 57.4 Å². The smallest absolute Gasteiger partial charge is 0.275 e. The highest BCUT2D eigenvalue weighted by Gasteiger charge is 2.76. The molecule has 2 saturated carbocycles. The summed E-state index contributed by atoms with van der Waals surface area (Å²) in [4.78, 5) is 29.8. The van der Waals surface area contributed by atoms with Gasteiger partial charge in [-0.3, -0.25) is 14.9 Å². The Kier molecular flexibility index (Phi) is 4.54. The molecule has 0 unspecified atom stereocenters. The second-order valence-electron chi connectivity index (χ2n) is 8.75. The number of nitrogens with zero attached hydrogens (tertiary/aromatic N) is 5. The van der Waals surface area contributed by atoms with Crippen LogP contribution in [0.2, 0.25) is 0 Å². The molecule has 2 aliphatic carbocycles. The number of hydrogen-bond donors (Lipinski definition) is 1. The molecule has 0 atom stereocenters. The second kappa shape index (κ2) is 7.29. The molecule has 6 rings (SSSR count). The minimum absolute atomic E-state index is 0.0931. The predicted octanol–water partition coefficient (Wildman–Crippen LogP) is 3.41. The van der Waals surface area contributed by atoms with Crippen molar-refractivity contribution in [3.8, 4) is 5.88 Å². The molecule has 174 valence electrons. The molecule has 1 spiro atoms. The van der Waals surface area contributed by atoms with Gasteiger partial charge in [-0.2, -0.15) is 4.98 Å². The normalized spacial score (nSPS) is 22.6. The van der Waals surface area contributed by atoms with Gasteiger partial charge in [0, 0.05) is 22.5 Å². The zero-order valence-electron chi connectivity index (χ0n) is 17.5. The molecule has 0 saturated heterocycles. The Morgan fingerprint density at radius 3 is 2.74 bits per heavy atom. The first kappa shape index (κ1) is 21.1. The molecule has 1 N–H and O–H groups in total. The average molecular weight is 531 g/mol. The van der Waals surface area contributed by atoms with E-state index in [1.165, 1.54) is 4.52 Å². The number of fused-ring (bicyclic) bond motifs is 2. The van der Waals surface area contributed by atoms with Gasteiger partial charge in [-0.1, -0.05) is 22.0 Å². The fraction of sp³-hybridized carbons (Fsp3) is 0.318. The minimum atomic E-state index is -2.63. The van der Waals surface area contributed by atoms with E-state index in [1.807, 2.05) is 0 Å². The topological polar surface area (TPSA) is 103 Å². The lowest BCUT2D eigenvalue weighted by molar-refractivity contribution is -0.117. The molecule has 2 aliphatic rings. The number of alkyl halides is 2. The van der Waals surface area contributed by atoms with Gasteiger partial charge in [0.25, 0.3) is 11.5 Å². The Morgan fingerprint density at radius 2 is 2.00 bits per heavy atom. The summed E-state index contributed by atoms with van der Waals surface area (Å²) < 4.78 is 36.3. The number of halogens is 3. The zero-order chi connectivity index (χ0) is 23.7. The lowest BCUT2D eigenvalue weighted by Crippen LogP contribution is -2.39. The fourth-order valence-electron chi connectivity index (χ4n) is 4.48. The summed E-state index contributed by atoms with van der Waals surface area (Å²) in [6.45, 7) is -0.399. The van der Waals surface area contributed by atoms with Crippen molar-refractivity contribution in [2.75, 3.05) is 5.32 Å². The molecular formula is C22H17BrF2N6O3. The van der Waals surface area contributed by atoms with Crippen LogP contribution in [0.4, 0.5) is 14.7 Å². The summed E-state index contributed by atoms with van der Waals surface area (Å²) in [5.41, 5.74) is -0.880. The van der Waals surface area contributed by atoms with Gasteiger partial charge >= 0.3 is 0 Å². The number of carbonyl (C=O) groups excluding carboxylic acids is 1. The minimum Gasteiger partial charge on any atom is -0.473 e. The van der Waals surface area contributed by atoms with E-state index < -0.39 is 35.5 Å². The van der Waals surface area contributed by atoms with Crippen molar-refractivity contribution in [2.24, 2.45) is 5.41 Å². The van der Waals surface area contributed by atoms with E-state index in [9.17, 15) is 18.4 Å². The summed E-state index contributed by atoms with van der Waals surface area (Å²) in [6, 6.07) is 10.3. The molecule has 3 aromatic heterocycles. The zero-order valence-corrected chi connectivity index (χ0v) is 19.1. The standard InChI is InChI=1S/C22H17BrF2N6O3/c23-12-4-5-14-15(7-12)18(34-13-8-21(9-13)11-22(21,24)25)28-31(19(14)33)10-17(32)27-20-26-16-3-1-2-6-30(16)29-20/h1-7,13H,8-11H2,(H,27,29,32)/t13-,21+. The number of hydrogen-bond acceptors (Lipinski definition) is 6. The molecule has 0 bridgehead atoms. The lowest BCUT2D eigenvalue weighted by atomic mass is 9.78. The first-order valence-electron chi connectivity index (χ1n) is 10.6. The van der Waals surface area contributed by atoms with Crippen molar-refractivity contribution >= 4 is 44.2 Å². The summed E-state index contributed by atoms with van der Waals surface area (Å²) in [6.07, 6.45) is 1.62. The SMILES string of the molecule is O=C(Cn1nc(O[C@H]2C[C@]3(CC3(F)F)C2)c2cc(Br)ccc2c1=O)Nc1nc2ccccn2n1. The molecule has 4 aromatic rings. The Bertz CT molecular complexity index is 1500. The average Bonchev–Trinajstić information content (AvgIpc) is 3.12. The number of anilines is 1. The van der Waals surface area contributed by atoms with Crippen molar-refractivity contribution < 1.29 is 18.3 Å². The summed E-state index contributed by atoms with van der Waals surface area (Å²) in [7, 11) is 0. The Hall–Kier alpha value is -3.41. The van der Waals surface area contributed by atoms with Crippen LogP contribution in [0.5, 0.6) is 5.88 Å². The second-order valence-corrected chi connectivity index (χ2v) is 9.67. The van der Waals surface area contributed by atoms with Crippen LogP contribution >= 0.6 is 15.9 Å². The van der Waals surface area contributed by atoms with E-state index >= 15 is 0 Å². The van der Waals surface area contributed by atoms with Crippen LogP contribution < -0.4 is 15.6 Å².